The fourth-order valence-electron chi connectivity index (χ4n) is 4.41. The summed E-state index contributed by atoms with van der Waals surface area (Å²) in [4.78, 5) is 13.8. The van der Waals surface area contributed by atoms with Crippen LogP contribution in [0.5, 0.6) is 11.5 Å². The highest BCUT2D eigenvalue weighted by atomic mass is 32.1. The van der Waals surface area contributed by atoms with Gasteiger partial charge in [-0.15, -0.1) is 11.3 Å². The predicted molar refractivity (Wildman–Crippen MR) is 122 cm³/mol. The van der Waals surface area contributed by atoms with Gasteiger partial charge in [-0.1, -0.05) is 13.0 Å². The highest BCUT2D eigenvalue weighted by Gasteiger charge is 2.47. The van der Waals surface area contributed by atoms with E-state index in [1.54, 1.807) is 18.2 Å². The number of amides is 1. The lowest BCUT2D eigenvalue weighted by molar-refractivity contribution is -0.173. The lowest BCUT2D eigenvalue weighted by Crippen LogP contribution is -2.35. The fourth-order valence-corrected chi connectivity index (χ4v) is 5.50. The molecule has 5 rings (SSSR count). The predicted octanol–water partition coefficient (Wildman–Crippen LogP) is 5.33. The molecule has 3 aromatic rings. The van der Waals surface area contributed by atoms with E-state index in [9.17, 15) is 23.2 Å². The number of hydrogen-bond acceptors (Lipinski definition) is 7. The fraction of sp³-hybridized carbons (Fsp3) is 0.348. The summed E-state index contributed by atoms with van der Waals surface area (Å²) in [5, 5.41) is 19.6. The minimum Gasteiger partial charge on any atom is -0.454 e. The van der Waals surface area contributed by atoms with Crippen LogP contribution >= 0.6 is 11.3 Å². The zero-order valence-corrected chi connectivity index (χ0v) is 19.5. The lowest BCUT2D eigenvalue weighted by Gasteiger charge is -2.33. The van der Waals surface area contributed by atoms with E-state index in [2.05, 4.69) is 21.8 Å². The Bertz CT molecular complexity index is 1360. The summed E-state index contributed by atoms with van der Waals surface area (Å²) in [6.07, 6.45) is -4.28. The van der Waals surface area contributed by atoms with Crippen LogP contribution in [0.1, 0.15) is 57.5 Å². The number of aromatic nitrogens is 2. The number of anilines is 2. The van der Waals surface area contributed by atoms with E-state index >= 15 is 0 Å². The third-order valence-corrected chi connectivity index (χ3v) is 7.19. The van der Waals surface area contributed by atoms with Crippen molar-refractivity contribution >= 4 is 28.1 Å². The first kappa shape index (κ1) is 23.0. The average Bonchev–Trinajstić information content (AvgIpc) is 3.53. The van der Waals surface area contributed by atoms with Crippen molar-refractivity contribution in [3.63, 3.8) is 0 Å². The standard InChI is InChI=1S/C23H20F3N5O3S/c1-3-13-11(2)35-22(14(13)9-27)29-21(32)16-8-20-28-15(7-19(23(24,25)26)31(20)30-16)12-4-5-17-18(6-12)34-10-33-17/h4-6,8,15,19,28H,3,7,10H2,1-2H3,(H,29,32)/t15-,19-/m1/s1. The van der Waals surface area contributed by atoms with E-state index in [0.29, 0.717) is 34.0 Å². The van der Waals surface area contributed by atoms with Crippen molar-refractivity contribution < 1.29 is 27.4 Å². The van der Waals surface area contributed by atoms with E-state index < -0.39 is 24.2 Å². The molecular formula is C23H20F3N5O3S. The van der Waals surface area contributed by atoms with Gasteiger partial charge in [-0.3, -0.25) is 4.79 Å². The van der Waals surface area contributed by atoms with E-state index in [1.807, 2.05) is 13.8 Å². The van der Waals surface area contributed by atoms with Crippen molar-refractivity contribution in [1.82, 2.24) is 9.78 Å². The number of nitriles is 1. The van der Waals surface area contributed by atoms with Crippen LogP contribution in [-0.4, -0.2) is 28.7 Å². The zero-order valence-electron chi connectivity index (χ0n) is 18.7. The van der Waals surface area contributed by atoms with Gasteiger partial charge in [-0.05, 0) is 36.6 Å². The Labute approximate surface area is 202 Å². The number of nitrogens with zero attached hydrogens (tertiary/aromatic N) is 3. The Morgan fingerprint density at radius 3 is 2.83 bits per heavy atom. The zero-order chi connectivity index (χ0) is 24.9. The second kappa shape index (κ2) is 8.49. The third kappa shape index (κ3) is 4.05. The molecule has 12 heteroatoms. The molecule has 2 atom stereocenters. The molecule has 0 bridgehead atoms. The minimum atomic E-state index is -4.58. The van der Waals surface area contributed by atoms with Crippen molar-refractivity contribution in [1.29, 1.82) is 5.26 Å². The summed E-state index contributed by atoms with van der Waals surface area (Å²) in [6, 6.07) is 5.78. The van der Waals surface area contributed by atoms with E-state index in [-0.39, 0.29) is 24.7 Å². The SMILES string of the molecule is CCc1c(C)sc(NC(=O)c2cc3n(n2)[C@@H](C(F)(F)F)C[C@H](c2ccc4c(c2)OCO4)N3)c1C#N. The van der Waals surface area contributed by atoms with Crippen LogP contribution < -0.4 is 20.1 Å². The molecule has 2 aromatic heterocycles. The van der Waals surface area contributed by atoms with E-state index in [1.165, 1.54) is 17.4 Å². The number of thiophene rings is 1. The summed E-state index contributed by atoms with van der Waals surface area (Å²) in [5.74, 6) is 0.392. The van der Waals surface area contributed by atoms with Crippen molar-refractivity contribution in [2.24, 2.45) is 0 Å². The van der Waals surface area contributed by atoms with Crippen LogP contribution in [0.25, 0.3) is 0 Å². The van der Waals surface area contributed by atoms with Crippen LogP contribution in [0.15, 0.2) is 24.3 Å². The number of fused-ring (bicyclic) bond motifs is 2. The normalized spacial score (nSPS) is 18.5. The number of hydrogen-bond donors (Lipinski definition) is 2. The largest absolute Gasteiger partial charge is 0.454 e. The summed E-state index contributed by atoms with van der Waals surface area (Å²) < 4.78 is 53.5. The molecule has 2 aliphatic rings. The number of alkyl halides is 3. The molecule has 1 amide bonds. The molecule has 182 valence electrons. The maximum absolute atomic E-state index is 14.0. The maximum Gasteiger partial charge on any atom is 0.410 e. The number of carbonyl (C=O) groups excluding carboxylic acids is 1. The van der Waals surface area contributed by atoms with Crippen molar-refractivity contribution in [2.75, 3.05) is 17.4 Å². The van der Waals surface area contributed by atoms with Crippen molar-refractivity contribution in [2.45, 2.75) is 44.9 Å². The smallest absolute Gasteiger partial charge is 0.410 e. The summed E-state index contributed by atoms with van der Waals surface area (Å²) in [6.45, 7) is 3.82. The number of aryl methyl sites for hydroxylation is 1. The topological polar surface area (TPSA) is 101 Å². The van der Waals surface area contributed by atoms with Gasteiger partial charge in [0.25, 0.3) is 5.91 Å². The quantitative estimate of drug-likeness (QED) is 0.499. The van der Waals surface area contributed by atoms with Gasteiger partial charge in [0.1, 0.15) is 16.9 Å². The van der Waals surface area contributed by atoms with Crippen molar-refractivity contribution in [3.8, 4) is 17.6 Å². The Kier molecular flexibility index (Phi) is 5.59. The number of carbonyl (C=O) groups is 1. The van der Waals surface area contributed by atoms with Gasteiger partial charge in [-0.25, -0.2) is 4.68 Å². The third-order valence-electron chi connectivity index (χ3n) is 6.12. The van der Waals surface area contributed by atoms with Crippen LogP contribution in [0, 0.1) is 18.3 Å². The van der Waals surface area contributed by atoms with E-state index in [4.69, 9.17) is 9.47 Å². The molecule has 2 aliphatic heterocycles. The highest BCUT2D eigenvalue weighted by Crippen LogP contribution is 2.45. The van der Waals surface area contributed by atoms with Gasteiger partial charge >= 0.3 is 6.18 Å². The number of benzene rings is 1. The molecule has 0 aliphatic carbocycles. The second-order valence-corrected chi connectivity index (χ2v) is 9.45. The van der Waals surface area contributed by atoms with Gasteiger partial charge in [0.05, 0.1) is 11.6 Å². The van der Waals surface area contributed by atoms with Gasteiger partial charge in [0.15, 0.2) is 23.2 Å². The van der Waals surface area contributed by atoms with Gasteiger partial charge in [-0.2, -0.15) is 23.5 Å². The minimum absolute atomic E-state index is 0.0599. The molecule has 0 fully saturated rings. The first-order chi connectivity index (χ1) is 16.7. The lowest BCUT2D eigenvalue weighted by atomic mass is 9.96. The Morgan fingerprint density at radius 1 is 1.34 bits per heavy atom. The first-order valence-corrected chi connectivity index (χ1v) is 11.7. The molecule has 0 saturated carbocycles. The van der Waals surface area contributed by atoms with Crippen LogP contribution in [0.4, 0.5) is 24.0 Å². The molecule has 0 saturated heterocycles. The monoisotopic (exact) mass is 503 g/mol. The van der Waals surface area contributed by atoms with Gasteiger partial charge in [0.2, 0.25) is 6.79 Å². The van der Waals surface area contributed by atoms with Gasteiger partial charge < -0.3 is 20.1 Å². The van der Waals surface area contributed by atoms with Crippen LogP contribution in [-0.2, 0) is 6.42 Å². The Hall–Kier alpha value is -3.72. The number of nitrogens with one attached hydrogen (secondary N) is 2. The summed E-state index contributed by atoms with van der Waals surface area (Å²) in [7, 11) is 0. The molecule has 1 aromatic carbocycles. The molecule has 35 heavy (non-hydrogen) atoms. The maximum atomic E-state index is 14.0. The molecule has 0 radical (unpaired) electrons. The summed E-state index contributed by atoms with van der Waals surface area (Å²) in [5.41, 5.74) is 1.62. The van der Waals surface area contributed by atoms with Crippen molar-refractivity contribution in [3.05, 3.63) is 51.5 Å². The molecule has 0 unspecified atom stereocenters. The first-order valence-electron chi connectivity index (χ1n) is 10.9. The Balaban J connectivity index is 1.45. The molecular weight excluding hydrogens is 483 g/mol. The molecule has 4 heterocycles. The molecule has 8 nitrogen and oxygen atoms in total. The highest BCUT2D eigenvalue weighted by molar-refractivity contribution is 7.16. The van der Waals surface area contributed by atoms with Gasteiger partial charge in [0, 0.05) is 17.4 Å². The number of halogens is 3. The number of ether oxygens (including phenoxy) is 2. The van der Waals surface area contributed by atoms with Crippen LogP contribution in [0.3, 0.4) is 0 Å². The average molecular weight is 504 g/mol. The summed E-state index contributed by atoms with van der Waals surface area (Å²) >= 11 is 1.25. The Morgan fingerprint density at radius 2 is 2.11 bits per heavy atom. The second-order valence-electron chi connectivity index (χ2n) is 8.22. The molecule has 2 N–H and O–H groups in total. The van der Waals surface area contributed by atoms with Crippen LogP contribution in [0.2, 0.25) is 0 Å². The van der Waals surface area contributed by atoms with E-state index in [0.717, 1.165) is 15.1 Å². The molecule has 0 spiro atoms. The number of rotatable bonds is 4.